The quantitative estimate of drug-likeness (QED) is 0.700. The zero-order chi connectivity index (χ0) is 11.6. The first-order valence-corrected chi connectivity index (χ1v) is 6.23. The van der Waals surface area contributed by atoms with E-state index in [2.05, 4.69) is 4.52 Å². The minimum absolute atomic E-state index is 0.0568. The number of ether oxygens (including phenoxy) is 1. The van der Waals surface area contributed by atoms with Gasteiger partial charge in [-0.05, 0) is 5.92 Å². The molecule has 1 rings (SSSR count). The van der Waals surface area contributed by atoms with Crippen LogP contribution in [0.15, 0.2) is 0 Å². The number of methoxy groups -OCH3 is 1. The van der Waals surface area contributed by atoms with Gasteiger partial charge in [0.2, 0.25) is 0 Å². The molecule has 4 unspecified atom stereocenters. The minimum Gasteiger partial charge on any atom is -0.390 e. The molecule has 1 fully saturated rings. The molecule has 7 heteroatoms. The summed E-state index contributed by atoms with van der Waals surface area (Å²) in [6.07, 6.45) is -2.23. The van der Waals surface area contributed by atoms with Gasteiger partial charge in [0.1, 0.15) is 12.2 Å². The van der Waals surface area contributed by atoms with Gasteiger partial charge in [-0.2, -0.15) is 0 Å². The van der Waals surface area contributed by atoms with Crippen LogP contribution in [0.1, 0.15) is 13.8 Å². The summed E-state index contributed by atoms with van der Waals surface area (Å²) in [6, 6.07) is 0. The second kappa shape index (κ2) is 4.91. The smallest absolute Gasteiger partial charge is 0.390 e. The highest BCUT2D eigenvalue weighted by Crippen LogP contribution is 2.49. The number of hydrogen-bond donors (Lipinski definition) is 2. The number of rotatable bonds is 3. The Morgan fingerprint density at radius 3 is 2.60 bits per heavy atom. The van der Waals surface area contributed by atoms with Gasteiger partial charge in [0.25, 0.3) is 0 Å². The zero-order valence-electron chi connectivity index (χ0n) is 8.99. The van der Waals surface area contributed by atoms with Gasteiger partial charge in [-0.25, -0.2) is 4.57 Å². The SMILES string of the molecule is COC1COP(=O)(O)OC1C(O)C(C)C. The molecule has 2 N–H and O–H groups in total. The summed E-state index contributed by atoms with van der Waals surface area (Å²) in [5, 5.41) is 9.79. The summed E-state index contributed by atoms with van der Waals surface area (Å²) in [7, 11) is -2.59. The number of aliphatic hydroxyl groups excluding tert-OH is 1. The van der Waals surface area contributed by atoms with Crippen LogP contribution in [-0.4, -0.2) is 42.0 Å². The van der Waals surface area contributed by atoms with Crippen LogP contribution in [0.3, 0.4) is 0 Å². The summed E-state index contributed by atoms with van der Waals surface area (Å²) in [6.45, 7) is 3.52. The van der Waals surface area contributed by atoms with Gasteiger partial charge in [-0.1, -0.05) is 13.8 Å². The minimum atomic E-state index is -4.03. The van der Waals surface area contributed by atoms with Gasteiger partial charge in [-0.15, -0.1) is 0 Å². The molecule has 1 saturated heterocycles. The first-order chi connectivity index (χ1) is 6.87. The van der Waals surface area contributed by atoms with Gasteiger partial charge in [0.05, 0.1) is 12.7 Å². The summed E-state index contributed by atoms with van der Waals surface area (Å²) < 4.78 is 25.6. The lowest BCUT2D eigenvalue weighted by Crippen LogP contribution is -2.47. The van der Waals surface area contributed by atoms with Gasteiger partial charge in [0.15, 0.2) is 0 Å². The lowest BCUT2D eigenvalue weighted by atomic mass is 9.98. The molecule has 0 radical (unpaired) electrons. The number of hydrogen-bond acceptors (Lipinski definition) is 5. The second-order valence-corrected chi connectivity index (χ2v) is 5.25. The van der Waals surface area contributed by atoms with Crippen LogP contribution < -0.4 is 0 Å². The number of phosphoric ester groups is 1. The predicted octanol–water partition coefficient (Wildman–Crippen LogP) is 0.534. The summed E-state index contributed by atoms with van der Waals surface area (Å²) >= 11 is 0. The van der Waals surface area contributed by atoms with Crippen molar-refractivity contribution in [1.82, 2.24) is 0 Å². The Labute approximate surface area is 88.8 Å². The summed E-state index contributed by atoms with van der Waals surface area (Å²) in [4.78, 5) is 9.13. The highest BCUT2D eigenvalue weighted by molar-refractivity contribution is 7.47. The molecule has 0 bridgehead atoms. The van der Waals surface area contributed by atoms with E-state index < -0.39 is 26.1 Å². The van der Waals surface area contributed by atoms with Crippen LogP contribution in [-0.2, 0) is 18.3 Å². The van der Waals surface area contributed by atoms with Crippen molar-refractivity contribution in [3.63, 3.8) is 0 Å². The van der Waals surface area contributed by atoms with Gasteiger partial charge in [-0.3, -0.25) is 9.05 Å². The van der Waals surface area contributed by atoms with E-state index >= 15 is 0 Å². The fourth-order valence-corrected chi connectivity index (χ4v) is 2.34. The van der Waals surface area contributed by atoms with Crippen LogP contribution in [0.25, 0.3) is 0 Å². The molecule has 90 valence electrons. The van der Waals surface area contributed by atoms with Crippen molar-refractivity contribution in [1.29, 1.82) is 0 Å². The Balaban J connectivity index is 2.75. The van der Waals surface area contributed by atoms with E-state index in [-0.39, 0.29) is 12.5 Å². The standard InChI is InChI=1S/C8H17O6P/c1-5(2)7(9)8-6(12-3)4-13-15(10,11)14-8/h5-9H,4H2,1-3H3,(H,10,11). The molecule has 1 aliphatic rings. The molecule has 0 saturated carbocycles. The Kier molecular flexibility index (Phi) is 4.29. The van der Waals surface area contributed by atoms with E-state index in [1.54, 1.807) is 13.8 Å². The molecule has 4 atom stereocenters. The summed E-state index contributed by atoms with van der Waals surface area (Å²) in [5.74, 6) is -0.0919. The van der Waals surface area contributed by atoms with Crippen molar-refractivity contribution in [3.8, 4) is 0 Å². The maximum absolute atomic E-state index is 11.2. The van der Waals surface area contributed by atoms with E-state index in [1.807, 2.05) is 0 Å². The molecule has 0 spiro atoms. The first kappa shape index (κ1) is 13.1. The molecule has 1 aliphatic heterocycles. The first-order valence-electron chi connectivity index (χ1n) is 4.74. The van der Waals surface area contributed by atoms with Crippen molar-refractivity contribution < 1.29 is 28.3 Å². The topological polar surface area (TPSA) is 85.2 Å². The molecule has 6 nitrogen and oxygen atoms in total. The Bertz CT molecular complexity index is 254. The van der Waals surface area contributed by atoms with Crippen molar-refractivity contribution in [2.24, 2.45) is 5.92 Å². The number of phosphoric acid groups is 1. The van der Waals surface area contributed by atoms with Crippen LogP contribution in [0.2, 0.25) is 0 Å². The highest BCUT2D eigenvalue weighted by Gasteiger charge is 2.43. The second-order valence-electron chi connectivity index (χ2n) is 3.84. The molecule has 15 heavy (non-hydrogen) atoms. The Hall–Kier alpha value is 0.0300. The zero-order valence-corrected chi connectivity index (χ0v) is 9.89. The molecular weight excluding hydrogens is 223 g/mol. The average molecular weight is 240 g/mol. The lowest BCUT2D eigenvalue weighted by Gasteiger charge is -2.36. The molecule has 0 aromatic rings. The largest absolute Gasteiger partial charge is 0.472 e. The third-order valence-electron chi connectivity index (χ3n) is 2.35. The monoisotopic (exact) mass is 240 g/mol. The van der Waals surface area contributed by atoms with E-state index in [0.717, 1.165) is 0 Å². The van der Waals surface area contributed by atoms with Crippen molar-refractivity contribution >= 4 is 7.82 Å². The molecular formula is C8H17O6P. The van der Waals surface area contributed by atoms with E-state index in [0.29, 0.717) is 0 Å². The van der Waals surface area contributed by atoms with Crippen LogP contribution in [0.5, 0.6) is 0 Å². The Morgan fingerprint density at radius 2 is 2.13 bits per heavy atom. The highest BCUT2D eigenvalue weighted by atomic mass is 31.2. The van der Waals surface area contributed by atoms with E-state index in [9.17, 15) is 9.67 Å². The molecule has 1 heterocycles. The maximum Gasteiger partial charge on any atom is 0.472 e. The molecule has 0 amide bonds. The molecule has 0 aromatic heterocycles. The van der Waals surface area contributed by atoms with Gasteiger partial charge in [0, 0.05) is 7.11 Å². The van der Waals surface area contributed by atoms with Gasteiger partial charge < -0.3 is 14.7 Å². The van der Waals surface area contributed by atoms with Crippen molar-refractivity contribution in [2.75, 3.05) is 13.7 Å². The van der Waals surface area contributed by atoms with E-state index in [1.165, 1.54) is 7.11 Å². The maximum atomic E-state index is 11.2. The van der Waals surface area contributed by atoms with Crippen molar-refractivity contribution in [2.45, 2.75) is 32.2 Å². The fourth-order valence-electron chi connectivity index (χ4n) is 1.38. The van der Waals surface area contributed by atoms with Crippen molar-refractivity contribution in [3.05, 3.63) is 0 Å². The molecule has 0 aromatic carbocycles. The van der Waals surface area contributed by atoms with Crippen LogP contribution in [0.4, 0.5) is 0 Å². The third-order valence-corrected chi connectivity index (χ3v) is 3.33. The lowest BCUT2D eigenvalue weighted by molar-refractivity contribution is -0.126. The van der Waals surface area contributed by atoms with E-state index in [4.69, 9.17) is 14.2 Å². The predicted molar refractivity (Wildman–Crippen MR) is 52.3 cm³/mol. The summed E-state index contributed by atoms with van der Waals surface area (Å²) in [5.41, 5.74) is 0. The Morgan fingerprint density at radius 1 is 1.53 bits per heavy atom. The fraction of sp³-hybridized carbons (Fsp3) is 1.00. The van der Waals surface area contributed by atoms with Crippen LogP contribution in [0, 0.1) is 5.92 Å². The number of aliphatic hydroxyl groups is 1. The van der Waals surface area contributed by atoms with Crippen LogP contribution >= 0.6 is 7.82 Å². The normalized spacial score (nSPS) is 39.3. The van der Waals surface area contributed by atoms with Gasteiger partial charge >= 0.3 is 7.82 Å². The average Bonchev–Trinajstić information content (AvgIpc) is 2.15. The third kappa shape index (κ3) is 3.24. The molecule has 0 aliphatic carbocycles.